The third-order valence-corrected chi connectivity index (χ3v) is 6.10. The fourth-order valence-corrected chi connectivity index (χ4v) is 4.47. The van der Waals surface area contributed by atoms with E-state index in [2.05, 4.69) is 35.9 Å². The van der Waals surface area contributed by atoms with Gasteiger partial charge in [-0.05, 0) is 49.8 Å². The molecule has 0 saturated heterocycles. The van der Waals surface area contributed by atoms with Crippen molar-refractivity contribution < 1.29 is 0 Å². The molecule has 10 heteroatoms. The summed E-state index contributed by atoms with van der Waals surface area (Å²) in [6.45, 7) is 1.87. The van der Waals surface area contributed by atoms with E-state index in [9.17, 15) is 4.79 Å². The smallest absolute Gasteiger partial charge is 0.289 e. The lowest BCUT2D eigenvalue weighted by Crippen LogP contribution is -2.22. The molecule has 30 heavy (non-hydrogen) atoms. The molecule has 2 atom stereocenters. The third kappa shape index (κ3) is 3.73. The molecular formula is C20H20N8OS. The summed E-state index contributed by atoms with van der Waals surface area (Å²) in [6.07, 6.45) is 8.08. The minimum atomic E-state index is -0.123. The van der Waals surface area contributed by atoms with Crippen LogP contribution in [0.5, 0.6) is 0 Å². The largest absolute Gasteiger partial charge is 0.367 e. The van der Waals surface area contributed by atoms with Gasteiger partial charge in [0.15, 0.2) is 0 Å². The number of fused-ring (bicyclic) bond motifs is 1. The second-order valence-electron chi connectivity index (χ2n) is 7.39. The summed E-state index contributed by atoms with van der Waals surface area (Å²) in [5, 5.41) is 21.9. The SMILES string of the molecule is Cc1cnc(N[C@H]2CC[C@H](Nc3ccc(-n4ncc5ccsc5c4=O)cn3)C2)nn1. The molecule has 0 bridgehead atoms. The standard InChI is InChI=1S/C20H20N8OS/c1-12-9-22-20(27-26-12)25-15-3-2-14(8-15)24-17-5-4-16(11-21-17)28-19(29)18-13(10-23-28)6-7-30-18/h4-7,9-11,14-15H,2-3,8H2,1H3,(H,21,24)(H,22,25,27)/t14-,15-/m0/s1. The highest BCUT2D eigenvalue weighted by molar-refractivity contribution is 7.17. The predicted octanol–water partition coefficient (Wildman–Crippen LogP) is 2.78. The zero-order chi connectivity index (χ0) is 20.5. The molecule has 1 aliphatic carbocycles. The molecule has 0 unspecified atom stereocenters. The maximum atomic E-state index is 12.6. The van der Waals surface area contributed by atoms with Gasteiger partial charge in [0.2, 0.25) is 5.95 Å². The van der Waals surface area contributed by atoms with Crippen LogP contribution in [0.2, 0.25) is 0 Å². The number of aromatic nitrogens is 6. The molecule has 1 fully saturated rings. The van der Waals surface area contributed by atoms with Crippen molar-refractivity contribution in [2.45, 2.75) is 38.3 Å². The molecule has 5 rings (SSSR count). The number of thiophene rings is 1. The molecule has 0 aromatic carbocycles. The van der Waals surface area contributed by atoms with Gasteiger partial charge in [-0.15, -0.1) is 16.4 Å². The molecule has 0 radical (unpaired) electrons. The van der Waals surface area contributed by atoms with Crippen LogP contribution < -0.4 is 16.2 Å². The Bertz CT molecular complexity index is 1220. The van der Waals surface area contributed by atoms with Gasteiger partial charge in [0, 0.05) is 17.5 Å². The van der Waals surface area contributed by atoms with Crippen LogP contribution in [-0.4, -0.2) is 42.0 Å². The topological polar surface area (TPSA) is 111 Å². The Morgan fingerprint density at radius 1 is 1.03 bits per heavy atom. The molecule has 0 amide bonds. The van der Waals surface area contributed by atoms with Crippen LogP contribution in [0.4, 0.5) is 11.8 Å². The van der Waals surface area contributed by atoms with Crippen LogP contribution in [0.15, 0.2) is 47.0 Å². The van der Waals surface area contributed by atoms with Crippen LogP contribution in [-0.2, 0) is 0 Å². The quantitative estimate of drug-likeness (QED) is 0.507. The Hall–Kier alpha value is -3.40. The van der Waals surface area contributed by atoms with Crippen LogP contribution in [0, 0.1) is 6.92 Å². The van der Waals surface area contributed by atoms with Crippen molar-refractivity contribution in [3.05, 3.63) is 58.2 Å². The number of pyridine rings is 1. The number of aryl methyl sites for hydroxylation is 1. The summed E-state index contributed by atoms with van der Waals surface area (Å²) in [5.74, 6) is 1.34. The lowest BCUT2D eigenvalue weighted by Gasteiger charge is -2.15. The van der Waals surface area contributed by atoms with Crippen molar-refractivity contribution in [2.24, 2.45) is 0 Å². The molecule has 4 heterocycles. The van der Waals surface area contributed by atoms with E-state index in [0.717, 1.165) is 36.2 Å². The van der Waals surface area contributed by atoms with Gasteiger partial charge in [-0.1, -0.05) is 0 Å². The molecule has 0 spiro atoms. The van der Waals surface area contributed by atoms with E-state index in [1.54, 1.807) is 18.6 Å². The van der Waals surface area contributed by atoms with Crippen LogP contribution in [0.25, 0.3) is 15.8 Å². The van der Waals surface area contributed by atoms with E-state index in [1.165, 1.54) is 16.0 Å². The highest BCUT2D eigenvalue weighted by atomic mass is 32.1. The van der Waals surface area contributed by atoms with Gasteiger partial charge in [-0.3, -0.25) is 4.79 Å². The summed E-state index contributed by atoms with van der Waals surface area (Å²) in [7, 11) is 0. The van der Waals surface area contributed by atoms with Crippen molar-refractivity contribution in [1.29, 1.82) is 0 Å². The molecule has 0 aliphatic heterocycles. The van der Waals surface area contributed by atoms with Gasteiger partial charge < -0.3 is 10.6 Å². The van der Waals surface area contributed by atoms with Gasteiger partial charge in [-0.25, -0.2) is 9.97 Å². The van der Waals surface area contributed by atoms with E-state index < -0.39 is 0 Å². The number of nitrogens with one attached hydrogen (secondary N) is 2. The van der Waals surface area contributed by atoms with Crippen molar-refractivity contribution in [2.75, 3.05) is 10.6 Å². The lowest BCUT2D eigenvalue weighted by molar-refractivity contribution is 0.712. The number of hydrogen-bond donors (Lipinski definition) is 2. The molecule has 2 N–H and O–H groups in total. The van der Waals surface area contributed by atoms with Gasteiger partial charge in [-0.2, -0.15) is 14.9 Å². The van der Waals surface area contributed by atoms with Crippen LogP contribution in [0.3, 0.4) is 0 Å². The summed E-state index contributed by atoms with van der Waals surface area (Å²) in [6, 6.07) is 6.25. The number of anilines is 2. The molecule has 4 aromatic rings. The first-order chi connectivity index (χ1) is 14.7. The average Bonchev–Trinajstić information content (AvgIpc) is 3.41. The highest BCUT2D eigenvalue weighted by Gasteiger charge is 2.25. The summed E-state index contributed by atoms with van der Waals surface area (Å²) in [4.78, 5) is 21.3. The molecule has 9 nitrogen and oxygen atoms in total. The van der Waals surface area contributed by atoms with E-state index in [-0.39, 0.29) is 5.56 Å². The van der Waals surface area contributed by atoms with Crippen molar-refractivity contribution in [3.63, 3.8) is 0 Å². The van der Waals surface area contributed by atoms with Gasteiger partial charge in [0.05, 0.1) is 30.0 Å². The Labute approximate surface area is 176 Å². The maximum Gasteiger partial charge on any atom is 0.289 e. The minimum absolute atomic E-state index is 0.123. The van der Waals surface area contributed by atoms with E-state index in [0.29, 0.717) is 28.4 Å². The Morgan fingerprint density at radius 3 is 2.67 bits per heavy atom. The monoisotopic (exact) mass is 420 g/mol. The fourth-order valence-electron chi connectivity index (χ4n) is 3.68. The van der Waals surface area contributed by atoms with Crippen molar-refractivity contribution in [3.8, 4) is 5.69 Å². The van der Waals surface area contributed by atoms with Gasteiger partial charge in [0.25, 0.3) is 5.56 Å². The second-order valence-corrected chi connectivity index (χ2v) is 8.30. The Balaban J connectivity index is 1.23. The van der Waals surface area contributed by atoms with Crippen LogP contribution in [0.1, 0.15) is 25.0 Å². The zero-order valence-electron chi connectivity index (χ0n) is 16.3. The van der Waals surface area contributed by atoms with Gasteiger partial charge >= 0.3 is 0 Å². The molecule has 1 aliphatic rings. The summed E-state index contributed by atoms with van der Waals surface area (Å²) in [5.41, 5.74) is 1.33. The van der Waals surface area contributed by atoms with E-state index in [1.807, 2.05) is 30.5 Å². The molecule has 152 valence electrons. The van der Waals surface area contributed by atoms with Crippen molar-refractivity contribution in [1.82, 2.24) is 29.9 Å². The second kappa shape index (κ2) is 7.79. The normalized spacial score (nSPS) is 18.6. The Kier molecular flexibility index (Phi) is 4.83. The Morgan fingerprint density at radius 2 is 1.90 bits per heavy atom. The molecule has 4 aromatic heterocycles. The summed E-state index contributed by atoms with van der Waals surface area (Å²) >= 11 is 1.42. The molecule has 1 saturated carbocycles. The van der Waals surface area contributed by atoms with E-state index >= 15 is 0 Å². The van der Waals surface area contributed by atoms with Crippen molar-refractivity contribution >= 4 is 33.2 Å². The zero-order valence-corrected chi connectivity index (χ0v) is 17.1. The third-order valence-electron chi connectivity index (χ3n) is 5.18. The first-order valence-corrected chi connectivity index (χ1v) is 10.6. The first kappa shape index (κ1) is 18.6. The average molecular weight is 421 g/mol. The number of rotatable bonds is 5. The highest BCUT2D eigenvalue weighted by Crippen LogP contribution is 2.24. The molecular weight excluding hydrogens is 400 g/mol. The number of nitrogens with zero attached hydrogens (tertiary/aromatic N) is 6. The van der Waals surface area contributed by atoms with E-state index in [4.69, 9.17) is 0 Å². The maximum absolute atomic E-state index is 12.6. The lowest BCUT2D eigenvalue weighted by atomic mass is 10.2. The predicted molar refractivity (Wildman–Crippen MR) is 116 cm³/mol. The fraction of sp³-hybridized carbons (Fsp3) is 0.300. The van der Waals surface area contributed by atoms with Gasteiger partial charge in [0.1, 0.15) is 10.5 Å². The number of hydrogen-bond acceptors (Lipinski definition) is 9. The summed E-state index contributed by atoms with van der Waals surface area (Å²) < 4.78 is 2.09. The first-order valence-electron chi connectivity index (χ1n) is 9.77. The van der Waals surface area contributed by atoms with Crippen LogP contribution >= 0.6 is 11.3 Å². The minimum Gasteiger partial charge on any atom is -0.367 e.